The lowest BCUT2D eigenvalue weighted by atomic mass is 10.3. The number of nitrogens with one attached hydrogen (secondary N) is 1. The molecular formula is C9H11N3O2. The minimum absolute atomic E-state index is 0.0130. The van der Waals surface area contributed by atoms with Gasteiger partial charge in [0.2, 0.25) is 5.82 Å². The van der Waals surface area contributed by atoms with E-state index in [1.54, 1.807) is 12.3 Å². The van der Waals surface area contributed by atoms with Crippen LogP contribution in [0.2, 0.25) is 0 Å². The Hall–Kier alpha value is -1.65. The summed E-state index contributed by atoms with van der Waals surface area (Å²) in [6.45, 7) is 2.03. The standard InChI is InChI=1S/C9H11N3O2/c1-9(4-5-9)11-8-7(12(13)14)3-2-6-10-8/h2-3,6H,4-5H2,1H3,(H,10,11). The molecule has 0 saturated heterocycles. The molecule has 0 amide bonds. The van der Waals surface area contributed by atoms with Crippen molar-refractivity contribution in [3.05, 3.63) is 28.4 Å². The van der Waals surface area contributed by atoms with Gasteiger partial charge in [0, 0.05) is 17.8 Å². The van der Waals surface area contributed by atoms with E-state index >= 15 is 0 Å². The lowest BCUT2D eigenvalue weighted by Gasteiger charge is -2.11. The highest BCUT2D eigenvalue weighted by atomic mass is 16.6. The number of hydrogen-bond acceptors (Lipinski definition) is 4. The van der Waals surface area contributed by atoms with Crippen LogP contribution in [0.3, 0.4) is 0 Å². The molecule has 0 aliphatic heterocycles. The van der Waals surface area contributed by atoms with Gasteiger partial charge in [-0.1, -0.05) is 0 Å². The lowest BCUT2D eigenvalue weighted by molar-refractivity contribution is -0.384. The number of anilines is 1. The maximum atomic E-state index is 10.7. The second-order valence-corrected chi connectivity index (χ2v) is 3.81. The van der Waals surface area contributed by atoms with Crippen LogP contribution >= 0.6 is 0 Å². The van der Waals surface area contributed by atoms with Gasteiger partial charge in [-0.3, -0.25) is 10.1 Å². The average molecular weight is 193 g/mol. The first-order valence-electron chi connectivity index (χ1n) is 4.48. The van der Waals surface area contributed by atoms with Gasteiger partial charge in [-0.2, -0.15) is 0 Å². The summed E-state index contributed by atoms with van der Waals surface area (Å²) in [7, 11) is 0. The van der Waals surface area contributed by atoms with Gasteiger partial charge in [0.05, 0.1) is 4.92 Å². The lowest BCUT2D eigenvalue weighted by Crippen LogP contribution is -2.17. The Kier molecular flexibility index (Phi) is 1.87. The molecule has 74 valence electrons. The number of pyridine rings is 1. The zero-order valence-electron chi connectivity index (χ0n) is 7.86. The molecule has 1 heterocycles. The van der Waals surface area contributed by atoms with E-state index < -0.39 is 4.92 Å². The fraction of sp³-hybridized carbons (Fsp3) is 0.444. The molecule has 1 aliphatic carbocycles. The normalized spacial score (nSPS) is 17.5. The van der Waals surface area contributed by atoms with Crippen molar-refractivity contribution >= 4 is 11.5 Å². The first-order valence-corrected chi connectivity index (χ1v) is 4.48. The number of rotatable bonds is 3. The van der Waals surface area contributed by atoms with Gasteiger partial charge in [0.15, 0.2) is 0 Å². The van der Waals surface area contributed by atoms with Crippen molar-refractivity contribution in [2.75, 3.05) is 5.32 Å². The SMILES string of the molecule is CC1(Nc2ncccc2[N+](=O)[O-])CC1. The van der Waals surface area contributed by atoms with Gasteiger partial charge in [-0.05, 0) is 25.8 Å². The zero-order valence-corrected chi connectivity index (χ0v) is 7.86. The molecule has 1 saturated carbocycles. The summed E-state index contributed by atoms with van der Waals surface area (Å²) in [5.74, 6) is 0.373. The molecule has 0 spiro atoms. The van der Waals surface area contributed by atoms with Crippen molar-refractivity contribution in [1.29, 1.82) is 0 Å². The second kappa shape index (κ2) is 2.94. The van der Waals surface area contributed by atoms with Crippen LogP contribution in [0.25, 0.3) is 0 Å². The number of hydrogen-bond donors (Lipinski definition) is 1. The Labute approximate surface area is 81.3 Å². The fourth-order valence-corrected chi connectivity index (χ4v) is 1.24. The fourth-order valence-electron chi connectivity index (χ4n) is 1.24. The molecule has 0 radical (unpaired) electrons. The van der Waals surface area contributed by atoms with Crippen LogP contribution in [-0.4, -0.2) is 15.4 Å². The third-order valence-corrected chi connectivity index (χ3v) is 2.40. The Morgan fingerprint density at radius 2 is 2.36 bits per heavy atom. The maximum absolute atomic E-state index is 10.7. The van der Waals surface area contributed by atoms with Gasteiger partial charge < -0.3 is 5.32 Å². The predicted molar refractivity (Wildman–Crippen MR) is 52.2 cm³/mol. The van der Waals surface area contributed by atoms with Crippen molar-refractivity contribution in [3.8, 4) is 0 Å². The van der Waals surface area contributed by atoms with Gasteiger partial charge in [0.1, 0.15) is 0 Å². The molecule has 0 aromatic carbocycles. The Bertz CT molecular complexity index is 374. The second-order valence-electron chi connectivity index (χ2n) is 3.81. The van der Waals surface area contributed by atoms with E-state index in [0.717, 1.165) is 12.8 Å². The Morgan fingerprint density at radius 1 is 1.64 bits per heavy atom. The number of aromatic nitrogens is 1. The average Bonchev–Trinajstić information content (AvgIpc) is 2.84. The van der Waals surface area contributed by atoms with E-state index in [0.29, 0.717) is 5.82 Å². The molecular weight excluding hydrogens is 182 g/mol. The van der Waals surface area contributed by atoms with Gasteiger partial charge in [-0.15, -0.1) is 0 Å². The molecule has 1 N–H and O–H groups in total. The van der Waals surface area contributed by atoms with E-state index in [-0.39, 0.29) is 11.2 Å². The zero-order chi connectivity index (χ0) is 10.2. The third-order valence-electron chi connectivity index (χ3n) is 2.40. The van der Waals surface area contributed by atoms with E-state index in [4.69, 9.17) is 0 Å². The molecule has 14 heavy (non-hydrogen) atoms. The van der Waals surface area contributed by atoms with Crippen molar-refractivity contribution in [1.82, 2.24) is 4.98 Å². The van der Waals surface area contributed by atoms with Crippen LogP contribution in [0.1, 0.15) is 19.8 Å². The number of nitrogens with zero attached hydrogens (tertiary/aromatic N) is 2. The van der Waals surface area contributed by atoms with Crippen LogP contribution in [0.4, 0.5) is 11.5 Å². The minimum atomic E-state index is -0.416. The molecule has 0 bridgehead atoms. The largest absolute Gasteiger partial charge is 0.359 e. The van der Waals surface area contributed by atoms with Crippen molar-refractivity contribution in [2.45, 2.75) is 25.3 Å². The summed E-state index contributed by atoms with van der Waals surface area (Å²) in [5, 5.41) is 13.7. The highest BCUT2D eigenvalue weighted by Crippen LogP contribution is 2.39. The summed E-state index contributed by atoms with van der Waals surface area (Å²) in [4.78, 5) is 14.2. The molecule has 5 heteroatoms. The van der Waals surface area contributed by atoms with Crippen molar-refractivity contribution in [3.63, 3.8) is 0 Å². The molecule has 0 unspecified atom stereocenters. The maximum Gasteiger partial charge on any atom is 0.311 e. The first kappa shape index (κ1) is 8.93. The monoisotopic (exact) mass is 193 g/mol. The van der Waals surface area contributed by atoms with E-state index in [1.807, 2.05) is 6.92 Å². The van der Waals surface area contributed by atoms with Crippen LogP contribution in [-0.2, 0) is 0 Å². The van der Waals surface area contributed by atoms with Crippen LogP contribution in [0.5, 0.6) is 0 Å². The quantitative estimate of drug-likeness (QED) is 0.588. The van der Waals surface area contributed by atoms with Crippen molar-refractivity contribution in [2.24, 2.45) is 0 Å². The van der Waals surface area contributed by atoms with Crippen LogP contribution in [0.15, 0.2) is 18.3 Å². The molecule has 5 nitrogen and oxygen atoms in total. The molecule has 1 aliphatic rings. The summed E-state index contributed by atoms with van der Waals surface area (Å²) in [6.07, 6.45) is 3.64. The summed E-state index contributed by atoms with van der Waals surface area (Å²) < 4.78 is 0. The molecule has 1 aromatic rings. The first-order chi connectivity index (χ1) is 6.61. The summed E-state index contributed by atoms with van der Waals surface area (Å²) in [6, 6.07) is 3.03. The van der Waals surface area contributed by atoms with Gasteiger partial charge in [-0.25, -0.2) is 4.98 Å². The minimum Gasteiger partial charge on any atom is -0.359 e. The van der Waals surface area contributed by atoms with Crippen molar-refractivity contribution < 1.29 is 4.92 Å². The van der Waals surface area contributed by atoms with E-state index in [2.05, 4.69) is 10.3 Å². The third kappa shape index (κ3) is 1.66. The summed E-state index contributed by atoms with van der Waals surface area (Å²) >= 11 is 0. The van der Waals surface area contributed by atoms with E-state index in [9.17, 15) is 10.1 Å². The summed E-state index contributed by atoms with van der Waals surface area (Å²) in [5.41, 5.74) is 0.0553. The molecule has 1 aromatic heterocycles. The number of nitro groups is 1. The smallest absolute Gasteiger partial charge is 0.311 e. The predicted octanol–water partition coefficient (Wildman–Crippen LogP) is 1.95. The van der Waals surface area contributed by atoms with Crippen LogP contribution < -0.4 is 5.32 Å². The highest BCUT2D eigenvalue weighted by molar-refractivity contribution is 5.57. The molecule has 0 atom stereocenters. The Morgan fingerprint density at radius 3 is 2.93 bits per heavy atom. The topological polar surface area (TPSA) is 68.1 Å². The molecule has 2 rings (SSSR count). The van der Waals surface area contributed by atoms with Crippen LogP contribution in [0, 0.1) is 10.1 Å². The molecule has 1 fully saturated rings. The highest BCUT2D eigenvalue weighted by Gasteiger charge is 2.38. The van der Waals surface area contributed by atoms with E-state index in [1.165, 1.54) is 6.07 Å². The Balaban J connectivity index is 2.27. The van der Waals surface area contributed by atoms with Gasteiger partial charge in [0.25, 0.3) is 0 Å². The van der Waals surface area contributed by atoms with Gasteiger partial charge >= 0.3 is 5.69 Å².